The number of nitrogens with two attached hydrogens (primary N) is 1. The molecular formula is C9H14F3NO3. The Bertz CT molecular complexity index is 253. The van der Waals surface area contributed by atoms with Crippen LogP contribution in [0.2, 0.25) is 0 Å². The molecule has 4 nitrogen and oxygen atoms in total. The fourth-order valence-electron chi connectivity index (χ4n) is 1.02. The largest absolute Gasteiger partial charge is 0.490 e. The van der Waals surface area contributed by atoms with E-state index in [0.717, 1.165) is 6.42 Å². The van der Waals surface area contributed by atoms with E-state index in [9.17, 15) is 22.8 Å². The number of primary amides is 1. The Labute approximate surface area is 90.9 Å². The molecular weight excluding hydrogens is 227 g/mol. The van der Waals surface area contributed by atoms with E-state index in [2.05, 4.69) is 4.74 Å². The molecule has 0 spiro atoms. The summed E-state index contributed by atoms with van der Waals surface area (Å²) in [6, 6.07) is 0. The number of hydrogen-bond acceptors (Lipinski definition) is 3. The zero-order valence-corrected chi connectivity index (χ0v) is 8.84. The van der Waals surface area contributed by atoms with Crippen LogP contribution in [-0.4, -0.2) is 24.7 Å². The summed E-state index contributed by atoms with van der Waals surface area (Å²) in [5.41, 5.74) is 4.96. The van der Waals surface area contributed by atoms with Crippen molar-refractivity contribution in [3.63, 3.8) is 0 Å². The summed E-state index contributed by atoms with van der Waals surface area (Å²) in [4.78, 5) is 21.2. The maximum atomic E-state index is 11.8. The van der Waals surface area contributed by atoms with Crippen molar-refractivity contribution >= 4 is 11.9 Å². The number of ether oxygens (including phenoxy) is 1. The van der Waals surface area contributed by atoms with Gasteiger partial charge in [-0.2, -0.15) is 13.2 Å². The Morgan fingerprint density at radius 3 is 2.31 bits per heavy atom. The van der Waals surface area contributed by atoms with Crippen LogP contribution in [0.1, 0.15) is 26.2 Å². The molecule has 0 aliphatic carbocycles. The predicted octanol–water partition coefficient (Wildman–Crippen LogP) is 1.38. The Balaban J connectivity index is 4.12. The molecule has 0 fully saturated rings. The highest BCUT2D eigenvalue weighted by molar-refractivity contribution is 5.78. The second kappa shape index (κ2) is 6.34. The number of esters is 1. The van der Waals surface area contributed by atoms with Crippen LogP contribution in [0.5, 0.6) is 0 Å². The van der Waals surface area contributed by atoms with Gasteiger partial charge in [0.1, 0.15) is 6.61 Å². The minimum atomic E-state index is -5.03. The first kappa shape index (κ1) is 14.7. The third kappa shape index (κ3) is 5.57. The van der Waals surface area contributed by atoms with Crippen LogP contribution >= 0.6 is 0 Å². The van der Waals surface area contributed by atoms with Crippen LogP contribution in [-0.2, 0) is 14.3 Å². The molecule has 0 aliphatic rings. The second-order valence-corrected chi connectivity index (χ2v) is 3.34. The highest BCUT2D eigenvalue weighted by Crippen LogP contribution is 2.18. The number of carbonyl (C=O) groups is 2. The number of unbranched alkanes of at least 4 members (excludes halogenated alkanes) is 1. The smallest absolute Gasteiger partial charge is 0.458 e. The zero-order valence-electron chi connectivity index (χ0n) is 8.84. The fraction of sp³-hybridized carbons (Fsp3) is 0.778. The van der Waals surface area contributed by atoms with E-state index < -0.39 is 30.6 Å². The SMILES string of the molecule is CCCCC(COC(=O)C(F)(F)F)C(N)=O. The fourth-order valence-corrected chi connectivity index (χ4v) is 1.02. The van der Waals surface area contributed by atoms with Crippen LogP contribution in [0.25, 0.3) is 0 Å². The standard InChI is InChI=1S/C9H14F3NO3/c1-2-3-4-6(7(13)14)5-16-8(15)9(10,11)12/h6H,2-5H2,1H3,(H2,13,14). The lowest BCUT2D eigenvalue weighted by Gasteiger charge is -2.13. The third-order valence-electron chi connectivity index (χ3n) is 1.96. The summed E-state index contributed by atoms with van der Waals surface area (Å²) >= 11 is 0. The van der Waals surface area contributed by atoms with Gasteiger partial charge < -0.3 is 10.5 Å². The van der Waals surface area contributed by atoms with Crippen LogP contribution in [0.15, 0.2) is 0 Å². The van der Waals surface area contributed by atoms with Gasteiger partial charge in [-0.25, -0.2) is 4.79 Å². The van der Waals surface area contributed by atoms with Crippen molar-refractivity contribution in [1.29, 1.82) is 0 Å². The van der Waals surface area contributed by atoms with Crippen LogP contribution < -0.4 is 5.73 Å². The molecule has 0 saturated heterocycles. The molecule has 1 amide bonds. The molecule has 0 radical (unpaired) electrons. The molecule has 0 aromatic carbocycles. The normalized spacial score (nSPS) is 13.2. The van der Waals surface area contributed by atoms with E-state index in [-0.39, 0.29) is 0 Å². The Morgan fingerprint density at radius 2 is 1.94 bits per heavy atom. The molecule has 0 saturated carbocycles. The molecule has 2 N–H and O–H groups in total. The molecule has 0 heterocycles. The van der Waals surface area contributed by atoms with Crippen LogP contribution in [0, 0.1) is 5.92 Å². The number of hydrogen-bond donors (Lipinski definition) is 1. The quantitative estimate of drug-likeness (QED) is 0.714. The lowest BCUT2D eigenvalue weighted by atomic mass is 10.0. The summed E-state index contributed by atoms with van der Waals surface area (Å²) in [5.74, 6) is -3.91. The number of amides is 1. The van der Waals surface area contributed by atoms with Gasteiger partial charge in [0.25, 0.3) is 0 Å². The molecule has 1 atom stereocenters. The summed E-state index contributed by atoms with van der Waals surface area (Å²) in [5, 5.41) is 0. The van der Waals surface area contributed by atoms with Gasteiger partial charge in [-0.1, -0.05) is 19.8 Å². The number of alkyl halides is 3. The molecule has 16 heavy (non-hydrogen) atoms. The van der Waals surface area contributed by atoms with E-state index in [1.165, 1.54) is 0 Å². The van der Waals surface area contributed by atoms with Crippen molar-refractivity contribution in [2.45, 2.75) is 32.4 Å². The van der Waals surface area contributed by atoms with Gasteiger partial charge in [-0.15, -0.1) is 0 Å². The summed E-state index contributed by atoms with van der Waals surface area (Å²) < 4.78 is 39.2. The third-order valence-corrected chi connectivity index (χ3v) is 1.96. The van der Waals surface area contributed by atoms with Crippen molar-refractivity contribution in [1.82, 2.24) is 0 Å². The average molecular weight is 241 g/mol. The summed E-state index contributed by atoms with van der Waals surface area (Å²) in [6.45, 7) is 1.24. The maximum Gasteiger partial charge on any atom is 0.490 e. The molecule has 1 unspecified atom stereocenters. The van der Waals surface area contributed by atoms with Gasteiger partial charge in [-0.3, -0.25) is 4.79 Å². The molecule has 0 aliphatic heterocycles. The lowest BCUT2D eigenvalue weighted by molar-refractivity contribution is -0.200. The van der Waals surface area contributed by atoms with Crippen LogP contribution in [0.3, 0.4) is 0 Å². The Kier molecular flexibility index (Phi) is 5.84. The summed E-state index contributed by atoms with van der Waals surface area (Å²) in [6.07, 6.45) is -3.31. The highest BCUT2D eigenvalue weighted by atomic mass is 19.4. The molecule has 94 valence electrons. The van der Waals surface area contributed by atoms with Crippen molar-refractivity contribution in [2.75, 3.05) is 6.61 Å². The van der Waals surface area contributed by atoms with Crippen molar-refractivity contribution in [2.24, 2.45) is 11.7 Å². The predicted molar refractivity (Wildman–Crippen MR) is 49.2 cm³/mol. The Hall–Kier alpha value is -1.27. The van der Waals surface area contributed by atoms with Gasteiger partial charge in [0, 0.05) is 0 Å². The summed E-state index contributed by atoms with van der Waals surface area (Å²) in [7, 11) is 0. The van der Waals surface area contributed by atoms with Crippen molar-refractivity contribution < 1.29 is 27.5 Å². The van der Waals surface area contributed by atoms with Gasteiger partial charge in [0.2, 0.25) is 5.91 Å². The first-order valence-electron chi connectivity index (χ1n) is 4.82. The molecule has 0 bridgehead atoms. The van der Waals surface area contributed by atoms with Gasteiger partial charge in [0.15, 0.2) is 0 Å². The first-order valence-corrected chi connectivity index (χ1v) is 4.82. The van der Waals surface area contributed by atoms with E-state index in [4.69, 9.17) is 5.73 Å². The van der Waals surface area contributed by atoms with Gasteiger partial charge in [0.05, 0.1) is 5.92 Å². The molecule has 0 rings (SSSR count). The van der Waals surface area contributed by atoms with Crippen molar-refractivity contribution in [3.8, 4) is 0 Å². The number of halogens is 3. The molecule has 0 aromatic rings. The topological polar surface area (TPSA) is 69.4 Å². The van der Waals surface area contributed by atoms with Crippen LogP contribution in [0.4, 0.5) is 13.2 Å². The van der Waals surface area contributed by atoms with E-state index >= 15 is 0 Å². The average Bonchev–Trinajstić information content (AvgIpc) is 2.15. The zero-order chi connectivity index (χ0) is 12.8. The van der Waals surface area contributed by atoms with Gasteiger partial charge >= 0.3 is 12.1 Å². The number of carbonyl (C=O) groups excluding carboxylic acids is 2. The van der Waals surface area contributed by atoms with Crippen molar-refractivity contribution in [3.05, 3.63) is 0 Å². The number of rotatable bonds is 6. The molecule has 7 heteroatoms. The second-order valence-electron chi connectivity index (χ2n) is 3.34. The Morgan fingerprint density at radius 1 is 1.38 bits per heavy atom. The lowest BCUT2D eigenvalue weighted by Crippen LogP contribution is -2.32. The monoisotopic (exact) mass is 241 g/mol. The van der Waals surface area contributed by atoms with E-state index in [0.29, 0.717) is 12.8 Å². The van der Waals surface area contributed by atoms with E-state index in [1.807, 2.05) is 6.92 Å². The minimum Gasteiger partial charge on any atom is -0.458 e. The van der Waals surface area contributed by atoms with Gasteiger partial charge in [-0.05, 0) is 6.42 Å². The van der Waals surface area contributed by atoms with E-state index in [1.54, 1.807) is 0 Å². The highest BCUT2D eigenvalue weighted by Gasteiger charge is 2.41. The first-order chi connectivity index (χ1) is 7.29. The molecule has 0 aromatic heterocycles. The maximum absolute atomic E-state index is 11.8. The minimum absolute atomic E-state index is 0.316.